The molecule has 0 saturated carbocycles. The number of para-hydroxylation sites is 1. The summed E-state index contributed by atoms with van der Waals surface area (Å²) in [6.45, 7) is 0. The summed E-state index contributed by atoms with van der Waals surface area (Å²) in [6.07, 6.45) is 0. The normalized spacial score (nSPS) is 10.5. The number of nitriles is 1. The van der Waals surface area contributed by atoms with Crippen LogP contribution in [-0.2, 0) is 0 Å². The Bertz CT molecular complexity index is 1150. The number of nitrogens with one attached hydrogen (secondary N) is 1. The molecule has 1 heterocycles. The summed E-state index contributed by atoms with van der Waals surface area (Å²) in [5.74, 6) is 0.551. The fraction of sp³-hybridized carbons (Fsp3) is 0. The number of fused-ring (bicyclic) bond motifs is 1. The Morgan fingerprint density at radius 2 is 1.40 bits per heavy atom. The predicted octanol–water partition coefficient (Wildman–Crippen LogP) is 4.13. The average molecular weight is 323 g/mol. The molecule has 4 aromatic rings. The van der Waals surface area contributed by atoms with Crippen LogP contribution < -0.4 is 5.56 Å². The van der Waals surface area contributed by atoms with Crippen LogP contribution in [0, 0.1) is 11.3 Å². The average Bonchev–Trinajstić information content (AvgIpc) is 2.68. The molecule has 1 aromatic heterocycles. The first-order valence-electron chi connectivity index (χ1n) is 7.85. The quantitative estimate of drug-likeness (QED) is 0.603. The molecule has 0 aliphatic carbocycles. The van der Waals surface area contributed by atoms with E-state index in [1.807, 2.05) is 54.6 Å². The summed E-state index contributed by atoms with van der Waals surface area (Å²) < 4.78 is 0. The number of H-pyrrole nitrogens is 1. The van der Waals surface area contributed by atoms with Crippen LogP contribution in [-0.4, -0.2) is 9.97 Å². The molecule has 3 aromatic carbocycles. The predicted molar refractivity (Wildman–Crippen MR) is 98.0 cm³/mol. The molecule has 1 N–H and O–H groups in total. The number of benzene rings is 3. The van der Waals surface area contributed by atoms with Crippen molar-refractivity contribution in [3.63, 3.8) is 0 Å². The van der Waals surface area contributed by atoms with Crippen LogP contribution >= 0.6 is 0 Å². The highest BCUT2D eigenvalue weighted by atomic mass is 16.1. The summed E-state index contributed by atoms with van der Waals surface area (Å²) in [5, 5.41) is 9.46. The summed E-state index contributed by atoms with van der Waals surface area (Å²) in [6, 6.07) is 24.7. The largest absolute Gasteiger partial charge is 0.306 e. The van der Waals surface area contributed by atoms with Gasteiger partial charge in [0, 0.05) is 5.56 Å². The summed E-state index contributed by atoms with van der Waals surface area (Å²) in [4.78, 5) is 19.6. The maximum absolute atomic E-state index is 12.2. The van der Waals surface area contributed by atoms with Gasteiger partial charge >= 0.3 is 0 Å². The van der Waals surface area contributed by atoms with Gasteiger partial charge in [0.2, 0.25) is 0 Å². The second-order valence-corrected chi connectivity index (χ2v) is 5.70. The fourth-order valence-electron chi connectivity index (χ4n) is 2.78. The molecule has 4 heteroatoms. The third kappa shape index (κ3) is 2.79. The van der Waals surface area contributed by atoms with E-state index < -0.39 is 0 Å². The van der Waals surface area contributed by atoms with Crippen LogP contribution in [0.5, 0.6) is 0 Å². The van der Waals surface area contributed by atoms with Gasteiger partial charge in [0.15, 0.2) is 0 Å². The topological polar surface area (TPSA) is 69.5 Å². The number of nitrogens with zero attached hydrogens (tertiary/aromatic N) is 2. The molecule has 0 bridgehead atoms. The maximum Gasteiger partial charge on any atom is 0.259 e. The molecule has 118 valence electrons. The van der Waals surface area contributed by atoms with E-state index in [4.69, 9.17) is 5.26 Å². The molecular formula is C21H13N3O. The van der Waals surface area contributed by atoms with Crippen LogP contribution in [0.1, 0.15) is 5.56 Å². The van der Waals surface area contributed by atoms with E-state index in [1.165, 1.54) is 0 Å². The van der Waals surface area contributed by atoms with Crippen LogP contribution in [0.25, 0.3) is 33.4 Å². The standard InChI is InChI=1S/C21H13N3O/c22-13-14-5-7-15(8-6-14)16-9-11-17(12-10-16)20-23-19-4-2-1-3-18(19)21(25)24-20/h1-12H,(H,23,24,25). The first kappa shape index (κ1) is 14.9. The number of hydrogen-bond donors (Lipinski definition) is 1. The van der Waals surface area contributed by atoms with Crippen molar-refractivity contribution in [3.05, 3.63) is 88.7 Å². The molecule has 0 amide bonds. The van der Waals surface area contributed by atoms with E-state index in [1.54, 1.807) is 18.2 Å². The zero-order chi connectivity index (χ0) is 17.2. The highest BCUT2D eigenvalue weighted by Gasteiger charge is 2.06. The summed E-state index contributed by atoms with van der Waals surface area (Å²) in [5.41, 5.74) is 4.09. The van der Waals surface area contributed by atoms with E-state index in [9.17, 15) is 4.79 Å². The van der Waals surface area contributed by atoms with Crippen LogP contribution in [0.4, 0.5) is 0 Å². The zero-order valence-electron chi connectivity index (χ0n) is 13.2. The third-order valence-corrected chi connectivity index (χ3v) is 4.12. The van der Waals surface area contributed by atoms with Crippen molar-refractivity contribution in [3.8, 4) is 28.6 Å². The Morgan fingerprint density at radius 3 is 2.08 bits per heavy atom. The van der Waals surface area contributed by atoms with Gasteiger partial charge in [-0.05, 0) is 35.4 Å². The van der Waals surface area contributed by atoms with Crippen LogP contribution in [0.15, 0.2) is 77.6 Å². The minimum atomic E-state index is -0.142. The molecule has 4 rings (SSSR count). The molecule has 0 aliphatic rings. The van der Waals surface area contributed by atoms with Gasteiger partial charge in [0.25, 0.3) is 5.56 Å². The van der Waals surface area contributed by atoms with Crippen LogP contribution in [0.3, 0.4) is 0 Å². The lowest BCUT2D eigenvalue weighted by atomic mass is 10.0. The van der Waals surface area contributed by atoms with E-state index in [0.717, 1.165) is 16.7 Å². The monoisotopic (exact) mass is 323 g/mol. The number of aromatic nitrogens is 2. The van der Waals surface area contributed by atoms with Crippen molar-refractivity contribution in [1.29, 1.82) is 5.26 Å². The highest BCUT2D eigenvalue weighted by Crippen LogP contribution is 2.23. The minimum Gasteiger partial charge on any atom is -0.306 e. The van der Waals surface area contributed by atoms with Gasteiger partial charge in [0.1, 0.15) is 5.82 Å². The van der Waals surface area contributed by atoms with E-state index in [2.05, 4.69) is 16.0 Å². The lowest BCUT2D eigenvalue weighted by Gasteiger charge is -2.06. The van der Waals surface area contributed by atoms with Gasteiger partial charge in [0.05, 0.1) is 22.5 Å². The lowest BCUT2D eigenvalue weighted by Crippen LogP contribution is -2.09. The van der Waals surface area contributed by atoms with Crippen molar-refractivity contribution in [2.45, 2.75) is 0 Å². The zero-order valence-corrected chi connectivity index (χ0v) is 13.2. The third-order valence-electron chi connectivity index (χ3n) is 4.12. The van der Waals surface area contributed by atoms with Crippen molar-refractivity contribution in [2.75, 3.05) is 0 Å². The van der Waals surface area contributed by atoms with Gasteiger partial charge in [-0.2, -0.15) is 5.26 Å². The molecule has 0 saturated heterocycles. The van der Waals surface area contributed by atoms with E-state index in [-0.39, 0.29) is 5.56 Å². The molecule has 0 atom stereocenters. The second-order valence-electron chi connectivity index (χ2n) is 5.70. The summed E-state index contributed by atoms with van der Waals surface area (Å²) in [7, 11) is 0. The Hall–Kier alpha value is -3.71. The molecular weight excluding hydrogens is 310 g/mol. The van der Waals surface area contributed by atoms with Gasteiger partial charge in [-0.3, -0.25) is 4.79 Å². The Labute approximate surface area is 144 Å². The van der Waals surface area contributed by atoms with Crippen molar-refractivity contribution >= 4 is 10.9 Å². The van der Waals surface area contributed by atoms with Crippen molar-refractivity contribution < 1.29 is 0 Å². The first-order chi connectivity index (χ1) is 12.2. The summed E-state index contributed by atoms with van der Waals surface area (Å²) >= 11 is 0. The Kier molecular flexibility index (Phi) is 3.60. The SMILES string of the molecule is N#Cc1ccc(-c2ccc(-c3nc4ccccc4c(=O)[nH]3)cc2)cc1. The molecule has 0 unspecified atom stereocenters. The first-order valence-corrected chi connectivity index (χ1v) is 7.85. The molecule has 25 heavy (non-hydrogen) atoms. The molecule has 0 radical (unpaired) electrons. The second kappa shape index (κ2) is 6.06. The number of hydrogen-bond acceptors (Lipinski definition) is 3. The fourth-order valence-corrected chi connectivity index (χ4v) is 2.78. The molecule has 0 fully saturated rings. The minimum absolute atomic E-state index is 0.142. The number of rotatable bonds is 2. The van der Waals surface area contributed by atoms with E-state index >= 15 is 0 Å². The molecule has 0 aliphatic heterocycles. The van der Waals surface area contributed by atoms with E-state index in [0.29, 0.717) is 22.3 Å². The van der Waals surface area contributed by atoms with Gasteiger partial charge in [-0.25, -0.2) is 4.98 Å². The van der Waals surface area contributed by atoms with Gasteiger partial charge in [-0.15, -0.1) is 0 Å². The van der Waals surface area contributed by atoms with Crippen molar-refractivity contribution in [2.24, 2.45) is 0 Å². The van der Waals surface area contributed by atoms with Crippen molar-refractivity contribution in [1.82, 2.24) is 9.97 Å². The molecule has 4 nitrogen and oxygen atoms in total. The van der Waals surface area contributed by atoms with Gasteiger partial charge in [-0.1, -0.05) is 48.5 Å². The molecule has 0 spiro atoms. The highest BCUT2D eigenvalue weighted by molar-refractivity contribution is 5.79. The maximum atomic E-state index is 12.2. The van der Waals surface area contributed by atoms with Crippen LogP contribution in [0.2, 0.25) is 0 Å². The number of aromatic amines is 1. The Morgan fingerprint density at radius 1 is 0.800 bits per heavy atom. The smallest absolute Gasteiger partial charge is 0.259 e. The van der Waals surface area contributed by atoms with Gasteiger partial charge < -0.3 is 4.98 Å². The lowest BCUT2D eigenvalue weighted by molar-refractivity contribution is 1.18. The Balaban J connectivity index is 1.72.